The lowest BCUT2D eigenvalue weighted by molar-refractivity contribution is 0.205. The van der Waals surface area contributed by atoms with Crippen LogP contribution in [0.2, 0.25) is 0 Å². The molecular formula is C11H10N2O3. The van der Waals surface area contributed by atoms with Gasteiger partial charge in [-0.15, -0.1) is 5.10 Å². The van der Waals surface area contributed by atoms with Gasteiger partial charge in [-0.25, -0.2) is 0 Å². The predicted molar refractivity (Wildman–Crippen MR) is 55.0 cm³/mol. The molecule has 1 fully saturated rings. The fraction of sp³-hybridized carbons (Fsp3) is 0.273. The molecule has 0 bridgehead atoms. The molecule has 1 unspecified atom stereocenters. The topological polar surface area (TPSA) is 60.7 Å². The van der Waals surface area contributed by atoms with Crippen LogP contribution in [0.4, 0.5) is 0 Å². The molecule has 16 heavy (non-hydrogen) atoms. The van der Waals surface area contributed by atoms with Gasteiger partial charge >= 0.3 is 6.08 Å². The zero-order valence-corrected chi connectivity index (χ0v) is 8.50. The maximum Gasteiger partial charge on any atom is 0.415 e. The Balaban J connectivity index is 1.71. The Labute approximate surface area is 92.0 Å². The molecule has 2 heterocycles. The highest BCUT2D eigenvalue weighted by molar-refractivity contribution is 5.51. The SMILES string of the molecule is c1ccc(-c2nnc(OCC3CO3)o2)cc1. The van der Waals surface area contributed by atoms with Crippen LogP contribution in [0.25, 0.3) is 11.5 Å². The van der Waals surface area contributed by atoms with E-state index >= 15 is 0 Å². The molecule has 2 aromatic rings. The Morgan fingerprint density at radius 3 is 2.81 bits per heavy atom. The third kappa shape index (κ3) is 2.04. The van der Waals surface area contributed by atoms with Gasteiger partial charge < -0.3 is 13.9 Å². The minimum Gasteiger partial charge on any atom is -0.446 e. The van der Waals surface area contributed by atoms with Crippen molar-refractivity contribution in [3.63, 3.8) is 0 Å². The predicted octanol–water partition coefficient (Wildman–Crippen LogP) is 1.51. The van der Waals surface area contributed by atoms with Gasteiger partial charge in [0.1, 0.15) is 12.7 Å². The first-order valence-electron chi connectivity index (χ1n) is 5.05. The highest BCUT2D eigenvalue weighted by Gasteiger charge is 2.24. The van der Waals surface area contributed by atoms with Crippen molar-refractivity contribution in [1.82, 2.24) is 10.2 Å². The summed E-state index contributed by atoms with van der Waals surface area (Å²) in [6.45, 7) is 1.22. The number of nitrogens with zero attached hydrogens (tertiary/aromatic N) is 2. The molecule has 0 N–H and O–H groups in total. The van der Waals surface area contributed by atoms with E-state index in [1.165, 1.54) is 0 Å². The van der Waals surface area contributed by atoms with E-state index in [4.69, 9.17) is 13.9 Å². The van der Waals surface area contributed by atoms with Crippen LogP contribution in [0, 0.1) is 0 Å². The monoisotopic (exact) mass is 218 g/mol. The minimum absolute atomic E-state index is 0.187. The zero-order valence-electron chi connectivity index (χ0n) is 8.50. The first-order valence-corrected chi connectivity index (χ1v) is 5.05. The summed E-state index contributed by atoms with van der Waals surface area (Å²) in [4.78, 5) is 0. The third-order valence-corrected chi connectivity index (χ3v) is 2.22. The molecule has 5 nitrogen and oxygen atoms in total. The number of epoxide rings is 1. The van der Waals surface area contributed by atoms with E-state index in [0.29, 0.717) is 12.5 Å². The first kappa shape index (κ1) is 9.35. The molecule has 0 saturated carbocycles. The number of hydrogen-bond donors (Lipinski definition) is 0. The highest BCUT2D eigenvalue weighted by atomic mass is 16.6. The number of aromatic nitrogens is 2. The van der Waals surface area contributed by atoms with E-state index in [9.17, 15) is 0 Å². The van der Waals surface area contributed by atoms with Crippen molar-refractivity contribution >= 4 is 0 Å². The van der Waals surface area contributed by atoms with Crippen LogP contribution in [-0.2, 0) is 4.74 Å². The second kappa shape index (κ2) is 3.94. The van der Waals surface area contributed by atoms with E-state index in [-0.39, 0.29) is 12.2 Å². The molecule has 5 heteroatoms. The smallest absolute Gasteiger partial charge is 0.415 e. The molecule has 0 spiro atoms. The maximum atomic E-state index is 5.35. The summed E-state index contributed by atoms with van der Waals surface area (Å²) in [7, 11) is 0. The molecule has 0 aliphatic carbocycles. The van der Waals surface area contributed by atoms with Gasteiger partial charge in [-0.05, 0) is 12.1 Å². The van der Waals surface area contributed by atoms with Crippen molar-refractivity contribution in [2.24, 2.45) is 0 Å². The largest absolute Gasteiger partial charge is 0.446 e. The maximum absolute atomic E-state index is 5.35. The molecular weight excluding hydrogens is 208 g/mol. The van der Waals surface area contributed by atoms with E-state index < -0.39 is 0 Å². The number of benzene rings is 1. The average molecular weight is 218 g/mol. The van der Waals surface area contributed by atoms with Crippen molar-refractivity contribution in [2.45, 2.75) is 6.10 Å². The van der Waals surface area contributed by atoms with E-state index in [0.717, 1.165) is 12.2 Å². The zero-order chi connectivity index (χ0) is 10.8. The van der Waals surface area contributed by atoms with Gasteiger partial charge in [-0.3, -0.25) is 0 Å². The molecule has 1 aliphatic heterocycles. The molecule has 3 rings (SSSR count). The Hall–Kier alpha value is -1.88. The van der Waals surface area contributed by atoms with Gasteiger partial charge in [0.25, 0.3) is 5.89 Å². The highest BCUT2D eigenvalue weighted by Crippen LogP contribution is 2.21. The third-order valence-electron chi connectivity index (χ3n) is 2.22. The molecule has 1 saturated heterocycles. The van der Waals surface area contributed by atoms with Gasteiger partial charge in [0.2, 0.25) is 0 Å². The fourth-order valence-corrected chi connectivity index (χ4v) is 1.29. The summed E-state index contributed by atoms with van der Waals surface area (Å²) >= 11 is 0. The summed E-state index contributed by atoms with van der Waals surface area (Å²) in [6.07, 6.45) is 0.376. The quantitative estimate of drug-likeness (QED) is 0.728. The first-order chi connectivity index (χ1) is 7.92. The summed E-state index contributed by atoms with van der Waals surface area (Å²) in [6, 6.07) is 9.57. The van der Waals surface area contributed by atoms with Crippen molar-refractivity contribution in [2.75, 3.05) is 13.2 Å². The molecule has 0 amide bonds. The summed E-state index contributed by atoms with van der Waals surface area (Å²) in [5.74, 6) is 0.465. The van der Waals surface area contributed by atoms with Crippen LogP contribution in [0.15, 0.2) is 34.7 Å². The summed E-state index contributed by atoms with van der Waals surface area (Å²) < 4.78 is 15.6. The number of ether oxygens (including phenoxy) is 2. The lowest BCUT2D eigenvalue weighted by Crippen LogP contribution is -2.03. The van der Waals surface area contributed by atoms with Crippen LogP contribution < -0.4 is 4.74 Å². The fourth-order valence-electron chi connectivity index (χ4n) is 1.29. The number of rotatable bonds is 4. The minimum atomic E-state index is 0.187. The van der Waals surface area contributed by atoms with Crippen molar-refractivity contribution < 1.29 is 13.9 Å². The second-order valence-corrected chi connectivity index (χ2v) is 3.51. The van der Waals surface area contributed by atoms with Crippen molar-refractivity contribution in [1.29, 1.82) is 0 Å². The Bertz CT molecular complexity index is 465. The van der Waals surface area contributed by atoms with Gasteiger partial charge in [0.05, 0.1) is 6.61 Å². The average Bonchev–Trinajstić information content (AvgIpc) is 3.05. The summed E-state index contributed by atoms with van der Waals surface area (Å²) in [5, 5.41) is 7.70. The van der Waals surface area contributed by atoms with Crippen LogP contribution >= 0.6 is 0 Å². The van der Waals surface area contributed by atoms with Crippen molar-refractivity contribution in [3.05, 3.63) is 30.3 Å². The number of hydrogen-bond acceptors (Lipinski definition) is 5. The van der Waals surface area contributed by atoms with Gasteiger partial charge in [0.15, 0.2) is 0 Å². The van der Waals surface area contributed by atoms with Crippen LogP contribution in [0.5, 0.6) is 6.08 Å². The van der Waals surface area contributed by atoms with Crippen LogP contribution in [-0.4, -0.2) is 29.5 Å². The Kier molecular flexibility index (Phi) is 2.30. The summed E-state index contributed by atoms with van der Waals surface area (Å²) in [5.41, 5.74) is 0.882. The molecule has 1 aromatic heterocycles. The lowest BCUT2D eigenvalue weighted by atomic mass is 10.2. The standard InChI is InChI=1S/C11H10N2O3/c1-2-4-8(5-3-1)10-12-13-11(16-10)15-7-9-6-14-9/h1-5,9H,6-7H2. The normalized spacial score (nSPS) is 18.4. The van der Waals surface area contributed by atoms with Crippen LogP contribution in [0.1, 0.15) is 0 Å². The molecule has 0 radical (unpaired) electrons. The molecule has 1 atom stereocenters. The van der Waals surface area contributed by atoms with Crippen LogP contribution in [0.3, 0.4) is 0 Å². The van der Waals surface area contributed by atoms with Gasteiger partial charge in [0, 0.05) is 5.56 Å². The Morgan fingerprint density at radius 2 is 2.06 bits per heavy atom. The lowest BCUT2D eigenvalue weighted by Gasteiger charge is -1.95. The van der Waals surface area contributed by atoms with E-state index in [2.05, 4.69) is 10.2 Å². The molecule has 1 aromatic carbocycles. The van der Waals surface area contributed by atoms with Gasteiger partial charge in [-0.1, -0.05) is 23.3 Å². The van der Waals surface area contributed by atoms with E-state index in [1.54, 1.807) is 0 Å². The van der Waals surface area contributed by atoms with Gasteiger partial charge in [-0.2, -0.15) is 0 Å². The second-order valence-electron chi connectivity index (χ2n) is 3.51. The van der Waals surface area contributed by atoms with Crippen molar-refractivity contribution in [3.8, 4) is 17.5 Å². The van der Waals surface area contributed by atoms with E-state index in [1.807, 2.05) is 30.3 Å². The molecule has 82 valence electrons. The Morgan fingerprint density at radius 1 is 1.25 bits per heavy atom. The molecule has 1 aliphatic rings.